The molecule has 0 amide bonds. The highest BCUT2D eigenvalue weighted by atomic mass is 16.5. The van der Waals surface area contributed by atoms with Crippen LogP contribution in [0.25, 0.3) is 0 Å². The van der Waals surface area contributed by atoms with Crippen molar-refractivity contribution in [1.29, 1.82) is 0 Å². The largest absolute Gasteiger partial charge is 0.382 e. The number of hydrogen-bond donors (Lipinski definition) is 1. The number of rotatable bonds is 8. The molecular weight excluding hydrogens is 190 g/mol. The van der Waals surface area contributed by atoms with Gasteiger partial charge in [-0.1, -0.05) is 0 Å². The van der Waals surface area contributed by atoms with Gasteiger partial charge >= 0.3 is 0 Å². The van der Waals surface area contributed by atoms with Gasteiger partial charge < -0.3 is 10.1 Å². The maximum absolute atomic E-state index is 5.25. The second-order valence-electron chi connectivity index (χ2n) is 3.43. The molecule has 0 spiro atoms. The SMILES string of the molecule is CCOCCCNCc1cnn(CC)c1. The molecule has 15 heavy (non-hydrogen) atoms. The molecule has 0 fully saturated rings. The van der Waals surface area contributed by atoms with Crippen molar-refractivity contribution in [3.8, 4) is 0 Å². The first-order valence-corrected chi connectivity index (χ1v) is 5.66. The Labute approximate surface area is 91.6 Å². The van der Waals surface area contributed by atoms with Crippen molar-refractivity contribution in [2.45, 2.75) is 33.4 Å². The van der Waals surface area contributed by atoms with Gasteiger partial charge in [-0.2, -0.15) is 5.10 Å². The van der Waals surface area contributed by atoms with Gasteiger partial charge in [0.2, 0.25) is 0 Å². The molecule has 1 N–H and O–H groups in total. The van der Waals surface area contributed by atoms with Crippen LogP contribution in [-0.2, 0) is 17.8 Å². The Morgan fingerprint density at radius 2 is 2.33 bits per heavy atom. The van der Waals surface area contributed by atoms with Crippen molar-refractivity contribution in [2.75, 3.05) is 19.8 Å². The summed E-state index contributed by atoms with van der Waals surface area (Å²) in [7, 11) is 0. The minimum absolute atomic E-state index is 0.809. The lowest BCUT2D eigenvalue weighted by Gasteiger charge is -2.02. The summed E-state index contributed by atoms with van der Waals surface area (Å²) in [6.45, 7) is 8.59. The van der Waals surface area contributed by atoms with Gasteiger partial charge in [0.25, 0.3) is 0 Å². The predicted molar refractivity (Wildman–Crippen MR) is 60.7 cm³/mol. The minimum Gasteiger partial charge on any atom is -0.382 e. The molecular formula is C11H21N3O. The van der Waals surface area contributed by atoms with Gasteiger partial charge in [0, 0.05) is 38.1 Å². The zero-order valence-electron chi connectivity index (χ0n) is 9.70. The number of hydrogen-bond acceptors (Lipinski definition) is 3. The van der Waals surface area contributed by atoms with Crippen LogP contribution in [0.4, 0.5) is 0 Å². The predicted octanol–water partition coefficient (Wildman–Crippen LogP) is 1.42. The average molecular weight is 211 g/mol. The van der Waals surface area contributed by atoms with E-state index in [-0.39, 0.29) is 0 Å². The zero-order chi connectivity index (χ0) is 10.9. The highest BCUT2D eigenvalue weighted by molar-refractivity contribution is 5.02. The van der Waals surface area contributed by atoms with Crippen LogP contribution >= 0.6 is 0 Å². The van der Waals surface area contributed by atoms with Gasteiger partial charge in [0.05, 0.1) is 6.20 Å². The zero-order valence-corrected chi connectivity index (χ0v) is 9.70. The van der Waals surface area contributed by atoms with Crippen molar-refractivity contribution in [3.63, 3.8) is 0 Å². The summed E-state index contributed by atoms with van der Waals surface area (Å²) in [6, 6.07) is 0. The highest BCUT2D eigenvalue weighted by Crippen LogP contribution is 1.96. The van der Waals surface area contributed by atoms with Crippen molar-refractivity contribution in [1.82, 2.24) is 15.1 Å². The van der Waals surface area contributed by atoms with Crippen LogP contribution in [0.1, 0.15) is 25.8 Å². The molecule has 1 rings (SSSR count). The number of nitrogens with zero attached hydrogens (tertiary/aromatic N) is 2. The molecule has 0 aliphatic heterocycles. The normalized spacial score (nSPS) is 10.8. The molecule has 0 aliphatic carbocycles. The second kappa shape index (κ2) is 7.43. The number of aromatic nitrogens is 2. The third-order valence-electron chi connectivity index (χ3n) is 2.19. The van der Waals surface area contributed by atoms with Crippen LogP contribution in [-0.4, -0.2) is 29.5 Å². The van der Waals surface area contributed by atoms with Gasteiger partial charge in [0.1, 0.15) is 0 Å². The van der Waals surface area contributed by atoms with E-state index in [2.05, 4.69) is 23.5 Å². The molecule has 0 saturated carbocycles. The summed E-state index contributed by atoms with van der Waals surface area (Å²) in [4.78, 5) is 0. The molecule has 0 bridgehead atoms. The first kappa shape index (κ1) is 12.2. The number of ether oxygens (including phenoxy) is 1. The van der Waals surface area contributed by atoms with E-state index >= 15 is 0 Å². The second-order valence-corrected chi connectivity index (χ2v) is 3.43. The van der Waals surface area contributed by atoms with E-state index < -0.39 is 0 Å². The number of nitrogens with one attached hydrogen (secondary N) is 1. The van der Waals surface area contributed by atoms with Crippen LogP contribution < -0.4 is 5.32 Å². The standard InChI is InChI=1S/C11H21N3O/c1-3-14-10-11(9-13-14)8-12-6-5-7-15-4-2/h9-10,12H,3-8H2,1-2H3. The topological polar surface area (TPSA) is 39.1 Å². The summed E-state index contributed by atoms with van der Waals surface area (Å²) in [6.07, 6.45) is 5.06. The Hall–Kier alpha value is -0.870. The first-order valence-electron chi connectivity index (χ1n) is 5.66. The van der Waals surface area contributed by atoms with Crippen LogP contribution in [0, 0.1) is 0 Å². The van der Waals surface area contributed by atoms with Gasteiger partial charge in [-0.15, -0.1) is 0 Å². The Balaban J connectivity index is 2.04. The van der Waals surface area contributed by atoms with E-state index in [1.807, 2.05) is 17.8 Å². The van der Waals surface area contributed by atoms with Crippen LogP contribution in [0.15, 0.2) is 12.4 Å². The molecule has 86 valence electrons. The van der Waals surface area contributed by atoms with Crippen LogP contribution in [0.5, 0.6) is 0 Å². The summed E-state index contributed by atoms with van der Waals surface area (Å²) < 4.78 is 7.19. The monoisotopic (exact) mass is 211 g/mol. The van der Waals surface area contributed by atoms with Crippen molar-refractivity contribution >= 4 is 0 Å². The van der Waals surface area contributed by atoms with Crippen LogP contribution in [0.3, 0.4) is 0 Å². The average Bonchev–Trinajstić information content (AvgIpc) is 2.71. The maximum Gasteiger partial charge on any atom is 0.0534 e. The molecule has 0 saturated heterocycles. The molecule has 4 heteroatoms. The molecule has 1 aromatic heterocycles. The summed E-state index contributed by atoms with van der Waals surface area (Å²) in [5, 5.41) is 7.58. The molecule has 0 atom stereocenters. The highest BCUT2D eigenvalue weighted by Gasteiger charge is 1.96. The lowest BCUT2D eigenvalue weighted by Crippen LogP contribution is -2.16. The number of aryl methyl sites for hydroxylation is 1. The molecule has 0 unspecified atom stereocenters. The fourth-order valence-electron chi connectivity index (χ4n) is 1.35. The molecule has 4 nitrogen and oxygen atoms in total. The summed E-state index contributed by atoms with van der Waals surface area (Å²) in [5.74, 6) is 0. The fourth-order valence-corrected chi connectivity index (χ4v) is 1.35. The molecule has 1 heterocycles. The lowest BCUT2D eigenvalue weighted by molar-refractivity contribution is 0.144. The van der Waals surface area contributed by atoms with Crippen molar-refractivity contribution in [2.24, 2.45) is 0 Å². The molecule has 0 radical (unpaired) electrons. The van der Waals surface area contributed by atoms with E-state index in [0.29, 0.717) is 0 Å². The van der Waals surface area contributed by atoms with E-state index in [4.69, 9.17) is 4.74 Å². The summed E-state index contributed by atoms with van der Waals surface area (Å²) >= 11 is 0. The smallest absolute Gasteiger partial charge is 0.0534 e. The van der Waals surface area contributed by atoms with Gasteiger partial charge in [-0.05, 0) is 26.8 Å². The van der Waals surface area contributed by atoms with Gasteiger partial charge in [-0.3, -0.25) is 4.68 Å². The van der Waals surface area contributed by atoms with Crippen molar-refractivity contribution in [3.05, 3.63) is 18.0 Å². The first-order chi connectivity index (χ1) is 7.36. The fraction of sp³-hybridized carbons (Fsp3) is 0.727. The quantitative estimate of drug-likeness (QED) is 0.661. The van der Waals surface area contributed by atoms with Crippen LogP contribution in [0.2, 0.25) is 0 Å². The lowest BCUT2D eigenvalue weighted by atomic mass is 10.3. The summed E-state index contributed by atoms with van der Waals surface area (Å²) in [5.41, 5.74) is 1.24. The Bertz CT molecular complexity index is 260. The van der Waals surface area contributed by atoms with Gasteiger partial charge in [-0.25, -0.2) is 0 Å². The molecule has 1 aromatic rings. The maximum atomic E-state index is 5.25. The van der Waals surface area contributed by atoms with E-state index in [1.54, 1.807) is 0 Å². The Morgan fingerprint density at radius 1 is 1.47 bits per heavy atom. The van der Waals surface area contributed by atoms with Gasteiger partial charge in [0.15, 0.2) is 0 Å². The molecule has 0 aromatic carbocycles. The Kier molecular flexibility index (Phi) is 6.04. The third-order valence-corrected chi connectivity index (χ3v) is 2.19. The van der Waals surface area contributed by atoms with E-state index in [9.17, 15) is 0 Å². The minimum atomic E-state index is 0.809. The van der Waals surface area contributed by atoms with Crippen molar-refractivity contribution < 1.29 is 4.74 Å². The Morgan fingerprint density at radius 3 is 3.00 bits per heavy atom. The van der Waals surface area contributed by atoms with E-state index in [1.165, 1.54) is 5.56 Å². The third kappa shape index (κ3) is 4.95. The van der Waals surface area contributed by atoms with E-state index in [0.717, 1.165) is 39.3 Å². The molecule has 0 aliphatic rings.